The molecule has 1 fully saturated rings. The SMILES string of the molecule is CN1C[C@@H](c2ccccc2)[C@@]2(CCc3ccccc3C2=O)[C@@]12C(=O)Nc1ccccc12. The van der Waals surface area contributed by atoms with E-state index in [4.69, 9.17) is 0 Å². The van der Waals surface area contributed by atoms with E-state index in [9.17, 15) is 9.59 Å². The van der Waals surface area contributed by atoms with Gasteiger partial charge in [0.05, 0.1) is 5.41 Å². The average molecular weight is 409 g/mol. The van der Waals surface area contributed by atoms with Crippen molar-refractivity contribution in [3.8, 4) is 0 Å². The summed E-state index contributed by atoms with van der Waals surface area (Å²) in [5, 5.41) is 3.12. The van der Waals surface area contributed by atoms with Crippen molar-refractivity contribution in [2.75, 3.05) is 18.9 Å². The van der Waals surface area contributed by atoms with E-state index in [-0.39, 0.29) is 17.6 Å². The number of ketones is 1. The number of carbonyl (C=O) groups excluding carboxylic acids is 2. The summed E-state index contributed by atoms with van der Waals surface area (Å²) >= 11 is 0. The van der Waals surface area contributed by atoms with E-state index in [2.05, 4.69) is 22.3 Å². The molecule has 31 heavy (non-hydrogen) atoms. The summed E-state index contributed by atoms with van der Waals surface area (Å²) in [5.74, 6) is -0.0572. The van der Waals surface area contributed by atoms with Crippen LogP contribution in [0.15, 0.2) is 78.9 Å². The molecule has 3 atom stereocenters. The maximum Gasteiger partial charge on any atom is 0.250 e. The molecule has 4 nitrogen and oxygen atoms in total. The molecule has 4 heteroatoms. The molecule has 1 aliphatic carbocycles. The van der Waals surface area contributed by atoms with Gasteiger partial charge in [0.25, 0.3) is 5.91 Å². The monoisotopic (exact) mass is 408 g/mol. The lowest BCUT2D eigenvalue weighted by atomic mass is 9.53. The second kappa shape index (κ2) is 6.38. The van der Waals surface area contributed by atoms with Gasteiger partial charge in [0.15, 0.2) is 5.78 Å². The van der Waals surface area contributed by atoms with Gasteiger partial charge in [-0.3, -0.25) is 14.5 Å². The van der Waals surface area contributed by atoms with Crippen molar-refractivity contribution < 1.29 is 9.59 Å². The zero-order valence-electron chi connectivity index (χ0n) is 17.5. The maximum atomic E-state index is 14.5. The average Bonchev–Trinajstić information content (AvgIpc) is 3.25. The summed E-state index contributed by atoms with van der Waals surface area (Å²) in [4.78, 5) is 30.5. The minimum absolute atomic E-state index is 0.0727. The van der Waals surface area contributed by atoms with Crippen LogP contribution in [0.2, 0.25) is 0 Å². The molecule has 154 valence electrons. The third kappa shape index (κ3) is 2.13. The fourth-order valence-corrected chi connectivity index (χ4v) is 6.62. The van der Waals surface area contributed by atoms with Crippen molar-refractivity contribution in [3.05, 3.63) is 101 Å². The number of amides is 1. The van der Waals surface area contributed by atoms with E-state index in [0.717, 1.165) is 34.4 Å². The number of benzene rings is 3. The third-order valence-electron chi connectivity index (χ3n) is 7.82. The van der Waals surface area contributed by atoms with Gasteiger partial charge in [-0.05, 0) is 37.1 Å². The fourth-order valence-electron chi connectivity index (χ4n) is 6.62. The van der Waals surface area contributed by atoms with E-state index < -0.39 is 11.0 Å². The van der Waals surface area contributed by atoms with Crippen molar-refractivity contribution in [2.24, 2.45) is 5.41 Å². The highest BCUT2D eigenvalue weighted by molar-refractivity contribution is 6.15. The van der Waals surface area contributed by atoms with E-state index in [1.807, 2.05) is 73.8 Å². The predicted molar refractivity (Wildman–Crippen MR) is 120 cm³/mol. The molecule has 2 spiro atoms. The van der Waals surface area contributed by atoms with Gasteiger partial charge in [0, 0.05) is 29.3 Å². The standard InChI is InChI=1S/C27H24N2O2/c1-29-17-22(19-10-3-2-4-11-19)26(16-15-18-9-5-6-12-20(18)24(26)30)27(29)21-13-7-8-14-23(21)28-25(27)31/h2-14,22H,15-17H2,1H3,(H,28,31)/t22-,26+,27+/m0/s1. The Bertz CT molecular complexity index is 1220. The lowest BCUT2D eigenvalue weighted by molar-refractivity contribution is -0.130. The minimum Gasteiger partial charge on any atom is -0.324 e. The molecule has 1 N–H and O–H groups in total. The van der Waals surface area contributed by atoms with E-state index in [0.29, 0.717) is 13.0 Å². The molecule has 1 saturated heterocycles. The number of para-hydroxylation sites is 1. The Labute approximate surface area is 181 Å². The molecular weight excluding hydrogens is 384 g/mol. The van der Waals surface area contributed by atoms with E-state index in [1.165, 1.54) is 0 Å². The molecule has 3 aromatic rings. The third-order valence-corrected chi connectivity index (χ3v) is 7.82. The van der Waals surface area contributed by atoms with Crippen molar-refractivity contribution in [1.29, 1.82) is 0 Å². The van der Waals surface area contributed by atoms with Gasteiger partial charge >= 0.3 is 0 Å². The molecule has 2 aliphatic heterocycles. The molecule has 6 rings (SSSR count). The number of likely N-dealkylation sites (N-methyl/N-ethyl adjacent to an activating group) is 1. The normalized spacial score (nSPS) is 29.3. The Morgan fingerprint density at radius 3 is 2.45 bits per heavy atom. The maximum absolute atomic E-state index is 14.5. The van der Waals surface area contributed by atoms with Gasteiger partial charge in [0.2, 0.25) is 0 Å². The van der Waals surface area contributed by atoms with Gasteiger partial charge in [0.1, 0.15) is 5.54 Å². The minimum atomic E-state index is -1.02. The Morgan fingerprint density at radius 1 is 0.903 bits per heavy atom. The van der Waals surface area contributed by atoms with Gasteiger partial charge in [-0.15, -0.1) is 0 Å². The number of fused-ring (bicyclic) bond motifs is 4. The first kappa shape index (κ1) is 18.5. The van der Waals surface area contributed by atoms with Gasteiger partial charge in [-0.1, -0.05) is 72.8 Å². The zero-order valence-corrected chi connectivity index (χ0v) is 17.5. The Balaban J connectivity index is 1.68. The summed E-state index contributed by atoms with van der Waals surface area (Å²) in [7, 11) is 2.00. The molecule has 3 aliphatic rings. The van der Waals surface area contributed by atoms with Crippen LogP contribution < -0.4 is 5.32 Å². The van der Waals surface area contributed by atoms with Crippen LogP contribution >= 0.6 is 0 Å². The molecule has 1 amide bonds. The molecule has 3 aromatic carbocycles. The van der Waals surface area contributed by atoms with Crippen LogP contribution in [0.25, 0.3) is 0 Å². The molecule has 0 bridgehead atoms. The molecule has 2 heterocycles. The zero-order chi connectivity index (χ0) is 21.2. The quantitative estimate of drug-likeness (QED) is 0.650. The summed E-state index contributed by atoms with van der Waals surface area (Å²) in [6.45, 7) is 0.652. The molecule has 0 unspecified atom stereocenters. The largest absolute Gasteiger partial charge is 0.324 e. The highest BCUT2D eigenvalue weighted by Gasteiger charge is 2.73. The van der Waals surface area contributed by atoms with Crippen LogP contribution in [0.5, 0.6) is 0 Å². The van der Waals surface area contributed by atoms with Crippen molar-refractivity contribution in [2.45, 2.75) is 24.3 Å². The number of nitrogens with zero attached hydrogens (tertiary/aromatic N) is 1. The second-order valence-corrected chi connectivity index (χ2v) is 9.01. The van der Waals surface area contributed by atoms with Crippen LogP contribution in [0, 0.1) is 5.41 Å². The van der Waals surface area contributed by atoms with Gasteiger partial charge in [-0.25, -0.2) is 0 Å². The first-order valence-electron chi connectivity index (χ1n) is 10.9. The summed E-state index contributed by atoms with van der Waals surface area (Å²) in [6.07, 6.45) is 1.44. The number of aryl methyl sites for hydroxylation is 1. The topological polar surface area (TPSA) is 49.4 Å². The number of anilines is 1. The Morgan fingerprint density at radius 2 is 1.61 bits per heavy atom. The van der Waals surface area contributed by atoms with Crippen LogP contribution in [-0.2, 0) is 16.8 Å². The van der Waals surface area contributed by atoms with Crippen LogP contribution in [-0.4, -0.2) is 30.2 Å². The molecule has 0 saturated carbocycles. The Kier molecular flexibility index (Phi) is 3.81. The highest BCUT2D eigenvalue weighted by atomic mass is 16.2. The van der Waals surface area contributed by atoms with Gasteiger partial charge in [-0.2, -0.15) is 0 Å². The van der Waals surface area contributed by atoms with Crippen LogP contribution in [0.3, 0.4) is 0 Å². The molecule has 0 radical (unpaired) electrons. The fraction of sp³-hybridized carbons (Fsp3) is 0.259. The number of likely N-dealkylation sites (tertiary alicyclic amines) is 1. The summed E-state index contributed by atoms with van der Waals surface area (Å²) in [6, 6.07) is 26.0. The number of hydrogen-bond acceptors (Lipinski definition) is 3. The predicted octanol–water partition coefficient (Wildman–Crippen LogP) is 4.38. The smallest absolute Gasteiger partial charge is 0.250 e. The number of carbonyl (C=O) groups is 2. The second-order valence-electron chi connectivity index (χ2n) is 9.01. The molecule has 0 aromatic heterocycles. The van der Waals surface area contributed by atoms with Crippen LogP contribution in [0.4, 0.5) is 5.69 Å². The number of hydrogen-bond donors (Lipinski definition) is 1. The number of nitrogens with one attached hydrogen (secondary N) is 1. The van der Waals surface area contributed by atoms with E-state index in [1.54, 1.807) is 0 Å². The summed E-state index contributed by atoms with van der Waals surface area (Å²) < 4.78 is 0. The number of rotatable bonds is 1. The first-order chi connectivity index (χ1) is 15.1. The van der Waals surface area contributed by atoms with Crippen molar-refractivity contribution in [1.82, 2.24) is 4.90 Å². The highest BCUT2D eigenvalue weighted by Crippen LogP contribution is 2.65. The lowest BCUT2D eigenvalue weighted by Crippen LogP contribution is -2.60. The molecular formula is C27H24N2O2. The Hall–Kier alpha value is -3.24. The van der Waals surface area contributed by atoms with Crippen LogP contribution in [0.1, 0.15) is 39.4 Å². The van der Waals surface area contributed by atoms with Gasteiger partial charge < -0.3 is 5.32 Å². The van der Waals surface area contributed by atoms with Crippen molar-refractivity contribution in [3.63, 3.8) is 0 Å². The first-order valence-corrected chi connectivity index (χ1v) is 10.9. The number of Topliss-reactive ketones (excluding diaryl/α,β-unsaturated/α-hetero) is 1. The summed E-state index contributed by atoms with van der Waals surface area (Å²) in [5.41, 5.74) is 2.83. The lowest BCUT2D eigenvalue weighted by Gasteiger charge is -2.48. The van der Waals surface area contributed by atoms with Crippen molar-refractivity contribution >= 4 is 17.4 Å². The van der Waals surface area contributed by atoms with E-state index >= 15 is 0 Å².